The first-order valence-corrected chi connectivity index (χ1v) is 8.05. The minimum absolute atomic E-state index is 0.00524. The fraction of sp³-hybridized carbons (Fsp3) is 0.471. The second-order valence-corrected chi connectivity index (χ2v) is 6.58. The van der Waals surface area contributed by atoms with Gasteiger partial charge in [0.15, 0.2) is 0 Å². The van der Waals surface area contributed by atoms with Gasteiger partial charge in [-0.25, -0.2) is 4.98 Å². The first-order valence-electron chi connectivity index (χ1n) is 8.05. The van der Waals surface area contributed by atoms with E-state index in [0.29, 0.717) is 25.1 Å². The Morgan fingerprint density at radius 3 is 2.79 bits per heavy atom. The van der Waals surface area contributed by atoms with Gasteiger partial charge in [-0.1, -0.05) is 0 Å². The topological polar surface area (TPSA) is 85.3 Å². The molecule has 3 heterocycles. The number of carbonyl (C=O) groups excluding carboxylic acids is 1. The normalized spacial score (nSPS) is 20.4. The molecule has 1 fully saturated rings. The zero-order valence-corrected chi connectivity index (χ0v) is 14.2. The van der Waals surface area contributed by atoms with Crippen LogP contribution in [0, 0.1) is 12.8 Å². The smallest absolute Gasteiger partial charge is 0.255 e. The molecular weight excluding hydrogens is 306 g/mol. The van der Waals surface area contributed by atoms with Gasteiger partial charge in [-0.05, 0) is 31.5 Å². The van der Waals surface area contributed by atoms with Crippen molar-refractivity contribution >= 4 is 11.7 Å². The Morgan fingerprint density at radius 1 is 1.42 bits per heavy atom. The summed E-state index contributed by atoms with van der Waals surface area (Å²) in [6.45, 7) is 2.82. The maximum atomic E-state index is 12.6. The predicted octanol–water partition coefficient (Wildman–Crippen LogP) is 0.855. The summed E-state index contributed by atoms with van der Waals surface area (Å²) in [5.41, 5.74) is 2.46. The zero-order chi connectivity index (χ0) is 17.3. The van der Waals surface area contributed by atoms with E-state index in [1.54, 1.807) is 17.2 Å². The number of amides is 1. The first kappa shape index (κ1) is 16.4. The predicted molar refractivity (Wildman–Crippen MR) is 91.0 cm³/mol. The van der Waals surface area contributed by atoms with Gasteiger partial charge in [-0.15, -0.1) is 0 Å². The van der Waals surface area contributed by atoms with Gasteiger partial charge in [0.2, 0.25) is 0 Å². The molecule has 0 bridgehead atoms. The molecule has 1 saturated heterocycles. The number of carbonyl (C=O) groups is 1. The third-order valence-electron chi connectivity index (χ3n) is 4.38. The summed E-state index contributed by atoms with van der Waals surface area (Å²) in [4.78, 5) is 20.5. The maximum Gasteiger partial charge on any atom is 0.255 e. The van der Waals surface area contributed by atoms with E-state index in [2.05, 4.69) is 15.2 Å². The summed E-state index contributed by atoms with van der Waals surface area (Å²) in [5, 5.41) is 17.4. The molecule has 24 heavy (non-hydrogen) atoms. The Balaban J connectivity index is 1.66. The number of hydrogen-bond acceptors (Lipinski definition) is 5. The number of rotatable bonds is 4. The van der Waals surface area contributed by atoms with Gasteiger partial charge in [0.25, 0.3) is 5.91 Å². The third kappa shape index (κ3) is 3.41. The molecule has 0 aromatic carbocycles. The molecule has 0 aliphatic carbocycles. The Hall–Kier alpha value is -2.41. The highest BCUT2D eigenvalue weighted by Crippen LogP contribution is 2.23. The summed E-state index contributed by atoms with van der Waals surface area (Å²) in [6.07, 6.45) is 1.72. The number of anilines is 1. The molecule has 7 heteroatoms. The van der Waals surface area contributed by atoms with E-state index in [1.165, 1.54) is 0 Å². The Kier molecular flexibility index (Phi) is 4.53. The van der Waals surface area contributed by atoms with E-state index < -0.39 is 6.10 Å². The highest BCUT2D eigenvalue weighted by molar-refractivity contribution is 5.94. The monoisotopic (exact) mass is 329 g/mol. The highest BCUT2D eigenvalue weighted by atomic mass is 16.3. The third-order valence-corrected chi connectivity index (χ3v) is 4.38. The van der Waals surface area contributed by atoms with Crippen LogP contribution in [-0.4, -0.2) is 64.4 Å². The Morgan fingerprint density at radius 2 is 2.21 bits per heavy atom. The fourth-order valence-electron chi connectivity index (χ4n) is 3.03. The van der Waals surface area contributed by atoms with Gasteiger partial charge < -0.3 is 14.9 Å². The van der Waals surface area contributed by atoms with Gasteiger partial charge in [-0.2, -0.15) is 5.10 Å². The van der Waals surface area contributed by atoms with Crippen molar-refractivity contribution in [2.45, 2.75) is 19.4 Å². The van der Waals surface area contributed by atoms with Crippen molar-refractivity contribution in [3.63, 3.8) is 0 Å². The number of aliphatic hydroxyl groups is 1. The van der Waals surface area contributed by atoms with Crippen LogP contribution >= 0.6 is 0 Å². The molecular formula is C17H23N5O2. The van der Waals surface area contributed by atoms with Crippen LogP contribution in [0.15, 0.2) is 24.4 Å². The summed E-state index contributed by atoms with van der Waals surface area (Å²) >= 11 is 0. The molecule has 0 unspecified atom stereocenters. The van der Waals surface area contributed by atoms with Crippen molar-refractivity contribution in [1.82, 2.24) is 20.1 Å². The minimum atomic E-state index is -0.528. The van der Waals surface area contributed by atoms with Crippen LogP contribution < -0.4 is 4.90 Å². The number of aromatic nitrogens is 3. The summed E-state index contributed by atoms with van der Waals surface area (Å²) in [7, 11) is 3.81. The number of nitrogens with zero attached hydrogens (tertiary/aromatic N) is 4. The fourth-order valence-corrected chi connectivity index (χ4v) is 3.03. The molecule has 128 valence electrons. The van der Waals surface area contributed by atoms with E-state index in [9.17, 15) is 9.90 Å². The molecule has 0 saturated carbocycles. The van der Waals surface area contributed by atoms with Gasteiger partial charge >= 0.3 is 0 Å². The second kappa shape index (κ2) is 6.60. The van der Waals surface area contributed by atoms with Crippen LogP contribution in [-0.2, 0) is 6.42 Å². The Bertz CT molecular complexity index is 710. The lowest BCUT2D eigenvalue weighted by Crippen LogP contribution is -2.29. The number of pyridine rings is 1. The molecule has 2 aromatic rings. The summed E-state index contributed by atoms with van der Waals surface area (Å²) in [5.74, 6) is 0.720. The maximum absolute atomic E-state index is 12.6. The molecule has 1 aliphatic heterocycles. The van der Waals surface area contributed by atoms with Crippen LogP contribution in [0.3, 0.4) is 0 Å². The van der Waals surface area contributed by atoms with Gasteiger partial charge in [0, 0.05) is 45.0 Å². The number of nitrogens with one attached hydrogen (secondary N) is 1. The van der Waals surface area contributed by atoms with E-state index >= 15 is 0 Å². The Labute approximate surface area is 141 Å². The molecule has 2 aromatic heterocycles. The average molecular weight is 329 g/mol. The van der Waals surface area contributed by atoms with E-state index in [4.69, 9.17) is 0 Å². The van der Waals surface area contributed by atoms with Crippen LogP contribution in [0.25, 0.3) is 0 Å². The van der Waals surface area contributed by atoms with Crippen molar-refractivity contribution < 1.29 is 9.90 Å². The van der Waals surface area contributed by atoms with Gasteiger partial charge in [-0.3, -0.25) is 9.89 Å². The largest absolute Gasteiger partial charge is 0.391 e. The standard InChI is InChI=1S/C17H23N5O2/c1-11-6-14(20-19-11)7-13-9-22(10-15(13)23)17(24)12-4-5-16(18-8-12)21(2)3/h4-6,8,13,15,23H,7,9-10H2,1-3H3,(H,19,20)/t13-,15-/m1/s1. The van der Waals surface area contributed by atoms with Crippen molar-refractivity contribution in [2.75, 3.05) is 32.1 Å². The SMILES string of the molecule is Cc1cc(C[C@@H]2CN(C(=O)c3ccc(N(C)C)nc3)C[C@H]2O)n[nH]1. The first-order chi connectivity index (χ1) is 11.4. The number of hydrogen-bond donors (Lipinski definition) is 2. The van der Waals surface area contributed by atoms with Crippen LogP contribution in [0.2, 0.25) is 0 Å². The number of aryl methyl sites for hydroxylation is 1. The number of likely N-dealkylation sites (tertiary alicyclic amines) is 1. The van der Waals surface area contributed by atoms with Crippen molar-refractivity contribution in [1.29, 1.82) is 0 Å². The summed E-state index contributed by atoms with van der Waals surface area (Å²) in [6, 6.07) is 5.58. The van der Waals surface area contributed by atoms with Gasteiger partial charge in [0.1, 0.15) is 5.82 Å². The lowest BCUT2D eigenvalue weighted by Gasteiger charge is -2.17. The number of β-amino-alcohol motifs (C(OH)–C–C–N with tert-alkyl or cyclic N) is 1. The van der Waals surface area contributed by atoms with Crippen LogP contribution in [0.1, 0.15) is 21.7 Å². The molecule has 0 radical (unpaired) electrons. The van der Waals surface area contributed by atoms with E-state index in [-0.39, 0.29) is 11.8 Å². The minimum Gasteiger partial charge on any atom is -0.391 e. The van der Waals surface area contributed by atoms with Gasteiger partial charge in [0.05, 0.1) is 17.4 Å². The van der Waals surface area contributed by atoms with Crippen molar-refractivity contribution in [2.24, 2.45) is 5.92 Å². The zero-order valence-electron chi connectivity index (χ0n) is 14.2. The number of aliphatic hydroxyl groups excluding tert-OH is 1. The highest BCUT2D eigenvalue weighted by Gasteiger charge is 2.34. The number of aromatic amines is 1. The van der Waals surface area contributed by atoms with Crippen molar-refractivity contribution in [3.8, 4) is 0 Å². The second-order valence-electron chi connectivity index (χ2n) is 6.58. The van der Waals surface area contributed by atoms with Crippen molar-refractivity contribution in [3.05, 3.63) is 41.3 Å². The molecule has 0 spiro atoms. The molecule has 7 nitrogen and oxygen atoms in total. The lowest BCUT2D eigenvalue weighted by molar-refractivity contribution is 0.0764. The quantitative estimate of drug-likeness (QED) is 0.869. The molecule has 3 rings (SSSR count). The lowest BCUT2D eigenvalue weighted by atomic mass is 10.0. The molecule has 1 aliphatic rings. The van der Waals surface area contributed by atoms with E-state index in [1.807, 2.05) is 38.1 Å². The van der Waals surface area contributed by atoms with Crippen LogP contribution in [0.5, 0.6) is 0 Å². The molecule has 2 N–H and O–H groups in total. The molecule has 2 atom stereocenters. The average Bonchev–Trinajstić information content (AvgIpc) is 3.13. The van der Waals surface area contributed by atoms with Crippen LogP contribution in [0.4, 0.5) is 5.82 Å². The van der Waals surface area contributed by atoms with E-state index in [0.717, 1.165) is 17.2 Å². The summed E-state index contributed by atoms with van der Waals surface area (Å²) < 4.78 is 0. The number of H-pyrrole nitrogens is 1. The molecule has 1 amide bonds.